The highest BCUT2D eigenvalue weighted by Gasteiger charge is 2.33. The molecule has 1 amide bonds. The van der Waals surface area contributed by atoms with E-state index in [9.17, 15) is 10.1 Å². The van der Waals surface area contributed by atoms with Crippen LogP contribution in [0.3, 0.4) is 0 Å². The summed E-state index contributed by atoms with van der Waals surface area (Å²) < 4.78 is 10.8. The molecular weight excluding hydrogens is 414 g/mol. The molecule has 0 bridgehead atoms. The molecule has 6 heteroatoms. The summed E-state index contributed by atoms with van der Waals surface area (Å²) in [5.41, 5.74) is 3.88. The summed E-state index contributed by atoms with van der Waals surface area (Å²) in [6, 6.07) is 18.9. The van der Waals surface area contributed by atoms with E-state index < -0.39 is 5.41 Å². The van der Waals surface area contributed by atoms with E-state index in [4.69, 9.17) is 9.47 Å². The average Bonchev–Trinajstić information content (AvgIpc) is 2.86. The first-order chi connectivity index (χ1) is 16.0. The Morgan fingerprint density at radius 2 is 2.00 bits per heavy atom. The van der Waals surface area contributed by atoms with Gasteiger partial charge in [0, 0.05) is 22.9 Å². The van der Waals surface area contributed by atoms with Gasteiger partial charge in [-0.3, -0.25) is 9.78 Å². The van der Waals surface area contributed by atoms with Crippen molar-refractivity contribution in [1.29, 1.82) is 5.26 Å². The molecule has 0 unspecified atom stereocenters. The number of ether oxygens (including phenoxy) is 2. The number of rotatable bonds is 4. The van der Waals surface area contributed by atoms with Crippen molar-refractivity contribution in [2.75, 3.05) is 13.7 Å². The number of hydrogen-bond donors (Lipinski definition) is 1. The number of nitriles is 1. The topological polar surface area (TPSA) is 84.2 Å². The van der Waals surface area contributed by atoms with Crippen LogP contribution in [-0.4, -0.2) is 24.6 Å². The van der Waals surface area contributed by atoms with Crippen molar-refractivity contribution in [3.8, 4) is 23.7 Å². The molecule has 164 valence electrons. The largest absolute Gasteiger partial charge is 0.497 e. The molecule has 0 spiro atoms. The molecule has 6 nitrogen and oxygen atoms in total. The highest BCUT2D eigenvalue weighted by atomic mass is 16.5. The summed E-state index contributed by atoms with van der Waals surface area (Å²) >= 11 is 0. The van der Waals surface area contributed by atoms with Gasteiger partial charge in [-0.15, -0.1) is 0 Å². The van der Waals surface area contributed by atoms with Gasteiger partial charge in [-0.05, 0) is 60.5 Å². The van der Waals surface area contributed by atoms with Gasteiger partial charge in [-0.25, -0.2) is 0 Å². The molecular formula is C27H23N3O3. The molecule has 0 saturated heterocycles. The lowest BCUT2D eigenvalue weighted by Crippen LogP contribution is -2.33. The molecule has 0 aliphatic carbocycles. The highest BCUT2D eigenvalue weighted by molar-refractivity contribution is 5.94. The molecule has 1 aromatic heterocycles. The molecule has 3 aromatic rings. The number of benzene rings is 2. The SMILES string of the molecule is COc1cccc(C#Cc2ccnc(CNC(=O)c3ccc4c(c3)[C@](C)(C#N)COC4)c2)c1. The molecule has 1 aliphatic heterocycles. The average molecular weight is 437 g/mol. The number of hydrogen-bond acceptors (Lipinski definition) is 5. The maximum absolute atomic E-state index is 12.8. The second kappa shape index (κ2) is 9.56. The first-order valence-electron chi connectivity index (χ1n) is 10.5. The first kappa shape index (κ1) is 22.1. The predicted molar refractivity (Wildman–Crippen MR) is 123 cm³/mol. The third-order valence-corrected chi connectivity index (χ3v) is 5.53. The zero-order valence-corrected chi connectivity index (χ0v) is 18.5. The van der Waals surface area contributed by atoms with Crippen molar-refractivity contribution in [3.05, 3.63) is 94.3 Å². The Bertz CT molecular complexity index is 1300. The molecule has 0 fully saturated rings. The number of aromatic nitrogens is 1. The number of carbonyl (C=O) groups is 1. The monoisotopic (exact) mass is 437 g/mol. The van der Waals surface area contributed by atoms with Crippen LogP contribution in [0, 0.1) is 23.2 Å². The smallest absolute Gasteiger partial charge is 0.251 e. The van der Waals surface area contributed by atoms with E-state index in [2.05, 4.69) is 28.2 Å². The maximum atomic E-state index is 12.8. The lowest BCUT2D eigenvalue weighted by Gasteiger charge is -2.30. The number of nitrogens with zero attached hydrogens (tertiary/aromatic N) is 2. The number of carbonyl (C=O) groups excluding carboxylic acids is 1. The van der Waals surface area contributed by atoms with Crippen LogP contribution in [0.2, 0.25) is 0 Å². The van der Waals surface area contributed by atoms with Crippen LogP contribution in [0.1, 0.15) is 45.2 Å². The molecule has 1 atom stereocenters. The fraction of sp³-hybridized carbons (Fsp3) is 0.222. The minimum absolute atomic E-state index is 0.223. The van der Waals surface area contributed by atoms with E-state index in [0.717, 1.165) is 28.0 Å². The fourth-order valence-electron chi connectivity index (χ4n) is 3.66. The van der Waals surface area contributed by atoms with Crippen molar-refractivity contribution in [1.82, 2.24) is 10.3 Å². The van der Waals surface area contributed by atoms with E-state index in [1.807, 2.05) is 49.4 Å². The summed E-state index contributed by atoms with van der Waals surface area (Å²) in [6.07, 6.45) is 1.67. The molecule has 2 heterocycles. The Balaban J connectivity index is 1.45. The molecule has 2 aromatic carbocycles. The van der Waals surface area contributed by atoms with Crippen LogP contribution < -0.4 is 10.1 Å². The minimum atomic E-state index is -0.763. The van der Waals surface area contributed by atoms with Crippen molar-refractivity contribution in [2.45, 2.75) is 25.5 Å². The van der Waals surface area contributed by atoms with Crippen LogP contribution in [-0.2, 0) is 23.3 Å². The first-order valence-corrected chi connectivity index (χ1v) is 10.5. The van der Waals surface area contributed by atoms with Gasteiger partial charge in [-0.1, -0.05) is 24.0 Å². The zero-order chi connectivity index (χ0) is 23.3. The standard InChI is InChI=1S/C27H23N3O3/c1-27(17-28)18-33-16-22-9-8-21(14-25(22)27)26(31)30-15-23-12-20(10-11-29-23)7-6-19-4-3-5-24(13-19)32-2/h3-5,8-14H,15-16,18H2,1-2H3,(H,30,31)/t27-/m1/s1. The van der Waals surface area contributed by atoms with Crippen LogP contribution in [0.15, 0.2) is 60.8 Å². The van der Waals surface area contributed by atoms with Gasteiger partial charge in [0.1, 0.15) is 11.2 Å². The molecule has 33 heavy (non-hydrogen) atoms. The predicted octanol–water partition coefficient (Wildman–Crippen LogP) is 3.73. The lowest BCUT2D eigenvalue weighted by molar-refractivity contribution is 0.0757. The number of nitrogens with one attached hydrogen (secondary N) is 1. The van der Waals surface area contributed by atoms with Gasteiger partial charge in [0.05, 0.1) is 38.6 Å². The summed E-state index contributed by atoms with van der Waals surface area (Å²) in [5.74, 6) is 6.77. The lowest BCUT2D eigenvalue weighted by atomic mass is 9.79. The van der Waals surface area contributed by atoms with E-state index in [0.29, 0.717) is 24.5 Å². The Morgan fingerprint density at radius 3 is 2.79 bits per heavy atom. The van der Waals surface area contributed by atoms with Crippen LogP contribution in [0.4, 0.5) is 0 Å². The van der Waals surface area contributed by atoms with E-state index in [1.54, 1.807) is 25.4 Å². The minimum Gasteiger partial charge on any atom is -0.497 e. The van der Waals surface area contributed by atoms with E-state index in [1.165, 1.54) is 0 Å². The van der Waals surface area contributed by atoms with Crippen LogP contribution in [0.25, 0.3) is 0 Å². The Kier molecular flexibility index (Phi) is 6.40. The summed E-state index contributed by atoms with van der Waals surface area (Å²) in [7, 11) is 1.62. The number of fused-ring (bicyclic) bond motifs is 1. The van der Waals surface area contributed by atoms with Crippen molar-refractivity contribution < 1.29 is 14.3 Å². The molecule has 1 aliphatic rings. The highest BCUT2D eigenvalue weighted by Crippen LogP contribution is 2.32. The van der Waals surface area contributed by atoms with Gasteiger partial charge in [-0.2, -0.15) is 5.26 Å². The summed E-state index contributed by atoms with van der Waals surface area (Å²) in [4.78, 5) is 17.1. The zero-order valence-electron chi connectivity index (χ0n) is 18.5. The molecule has 0 radical (unpaired) electrons. The second-order valence-electron chi connectivity index (χ2n) is 8.01. The third-order valence-electron chi connectivity index (χ3n) is 5.53. The Labute approximate surface area is 193 Å². The number of pyridine rings is 1. The fourth-order valence-corrected chi connectivity index (χ4v) is 3.66. The number of amides is 1. The normalized spacial score (nSPS) is 16.5. The van der Waals surface area contributed by atoms with E-state index >= 15 is 0 Å². The summed E-state index contributed by atoms with van der Waals surface area (Å²) in [6.45, 7) is 2.86. The van der Waals surface area contributed by atoms with E-state index in [-0.39, 0.29) is 12.5 Å². The van der Waals surface area contributed by atoms with Crippen LogP contribution >= 0.6 is 0 Å². The summed E-state index contributed by atoms with van der Waals surface area (Å²) in [5, 5.41) is 12.5. The van der Waals surface area contributed by atoms with Gasteiger partial charge in [0.2, 0.25) is 0 Å². The van der Waals surface area contributed by atoms with Crippen molar-refractivity contribution in [3.63, 3.8) is 0 Å². The van der Waals surface area contributed by atoms with Gasteiger partial charge in [0.15, 0.2) is 0 Å². The van der Waals surface area contributed by atoms with Gasteiger partial charge >= 0.3 is 0 Å². The number of methoxy groups -OCH3 is 1. The van der Waals surface area contributed by atoms with Gasteiger partial charge < -0.3 is 14.8 Å². The van der Waals surface area contributed by atoms with Gasteiger partial charge in [0.25, 0.3) is 5.91 Å². The van der Waals surface area contributed by atoms with Crippen molar-refractivity contribution >= 4 is 5.91 Å². The molecule has 1 N–H and O–H groups in total. The Hall–Kier alpha value is -4.13. The molecule has 0 saturated carbocycles. The Morgan fingerprint density at radius 1 is 1.18 bits per heavy atom. The maximum Gasteiger partial charge on any atom is 0.251 e. The molecule has 4 rings (SSSR count). The second-order valence-corrected chi connectivity index (χ2v) is 8.01. The van der Waals surface area contributed by atoms with Crippen molar-refractivity contribution in [2.24, 2.45) is 0 Å². The van der Waals surface area contributed by atoms with Crippen LogP contribution in [0.5, 0.6) is 5.75 Å². The quantitative estimate of drug-likeness (QED) is 0.629. The third kappa shape index (κ3) is 5.03.